The number of rotatable bonds is 12. The van der Waals surface area contributed by atoms with E-state index in [2.05, 4.69) is 40.8 Å². The van der Waals surface area contributed by atoms with E-state index in [0.29, 0.717) is 11.4 Å². The maximum atomic E-state index is 12.5. The first-order chi connectivity index (χ1) is 24.8. The topological polar surface area (TPSA) is 263 Å². The zero-order valence-corrected chi connectivity index (χ0v) is 33.9. The number of hydrogen-bond donors (Lipinski definition) is 4. The Balaban J connectivity index is 0.00000325. The molecule has 6 aromatic rings. The summed E-state index contributed by atoms with van der Waals surface area (Å²) in [4.78, 5) is 21.5. The summed E-state index contributed by atoms with van der Waals surface area (Å²) in [5, 5.41) is 22.2. The second-order valence-corrected chi connectivity index (χ2v) is 13.2. The number of aromatic hydroxyl groups is 2. The van der Waals surface area contributed by atoms with E-state index < -0.39 is 42.0 Å². The van der Waals surface area contributed by atoms with Gasteiger partial charge in [-0.25, -0.2) is 26.9 Å². The Morgan fingerprint density at radius 2 is 0.926 bits per heavy atom. The van der Waals surface area contributed by atoms with E-state index >= 15 is 0 Å². The second kappa shape index (κ2) is 18.1. The number of hydrogen-bond acceptors (Lipinski definition) is 18. The summed E-state index contributed by atoms with van der Waals surface area (Å²) in [6.07, 6.45) is 4.37. The summed E-state index contributed by atoms with van der Waals surface area (Å²) >= 11 is 0. The zero-order chi connectivity index (χ0) is 36.9. The number of aromatic nitrogens is 6. The Labute approximate surface area is 352 Å². The number of nitrogens with zero attached hydrogens (tertiary/aromatic N) is 8. The fraction of sp³-hybridized carbons (Fsp3) is 0. The van der Waals surface area contributed by atoms with Crippen molar-refractivity contribution in [2.45, 2.75) is 9.79 Å². The molecule has 0 aliphatic rings. The minimum atomic E-state index is -5.17. The van der Waals surface area contributed by atoms with Crippen molar-refractivity contribution < 1.29 is 95.3 Å². The summed E-state index contributed by atoms with van der Waals surface area (Å²) in [6, 6.07) is 23.4. The van der Waals surface area contributed by atoms with Crippen LogP contribution in [-0.4, -0.2) is 66.1 Å². The fourth-order valence-corrected chi connectivity index (χ4v) is 6.11. The number of anilines is 6. The molecule has 18 nitrogen and oxygen atoms in total. The summed E-state index contributed by atoms with van der Waals surface area (Å²) in [7, 11) is -10.3. The summed E-state index contributed by atoms with van der Waals surface area (Å²) in [6.45, 7) is 0. The molecular weight excluding hydrogens is 763 g/mol. The molecule has 0 atom stereocenters. The molecule has 22 heteroatoms. The summed E-state index contributed by atoms with van der Waals surface area (Å²) in [5.74, 6) is -0.301. The van der Waals surface area contributed by atoms with Crippen LogP contribution in [0.2, 0.25) is 0 Å². The third-order valence-electron chi connectivity index (χ3n) is 7.01. The van der Waals surface area contributed by atoms with E-state index in [1.165, 1.54) is 34.3 Å². The molecule has 2 aromatic heterocycles. The van der Waals surface area contributed by atoms with Gasteiger partial charge >= 0.3 is 71.1 Å². The van der Waals surface area contributed by atoms with E-state index in [1.54, 1.807) is 60.7 Å². The van der Waals surface area contributed by atoms with E-state index in [4.69, 9.17) is 0 Å². The smallest absolute Gasteiger partial charge is 0.744 e. The Kier molecular flexibility index (Phi) is 14.0. The van der Waals surface area contributed by atoms with Gasteiger partial charge in [-0.3, -0.25) is 10.9 Å². The first-order valence-corrected chi connectivity index (χ1v) is 17.5. The molecule has 0 aliphatic heterocycles. The minimum Gasteiger partial charge on any atom is -0.744 e. The Morgan fingerprint density at radius 3 is 1.26 bits per heavy atom. The molecule has 0 spiro atoms. The van der Waals surface area contributed by atoms with Crippen LogP contribution in [0, 0.1) is 0 Å². The molecule has 54 heavy (non-hydrogen) atoms. The molecule has 4 aromatic carbocycles. The van der Waals surface area contributed by atoms with Crippen LogP contribution in [0.3, 0.4) is 0 Å². The Bertz CT molecular complexity index is 2320. The first-order valence-electron chi connectivity index (χ1n) is 14.7. The molecular formula is C32H24N10Na2O8S2. The van der Waals surface area contributed by atoms with E-state index in [0.717, 1.165) is 36.9 Å². The number of benzene rings is 4. The number of para-hydroxylation sites is 2. The van der Waals surface area contributed by atoms with Crippen LogP contribution in [0.5, 0.6) is 12.0 Å². The average molecular weight is 787 g/mol. The van der Waals surface area contributed by atoms with E-state index in [9.17, 15) is 36.2 Å². The molecule has 0 saturated heterocycles. The van der Waals surface area contributed by atoms with Crippen molar-refractivity contribution >= 4 is 67.0 Å². The first kappa shape index (κ1) is 42.0. The molecule has 0 bridgehead atoms. The van der Waals surface area contributed by atoms with Crippen molar-refractivity contribution in [3.8, 4) is 12.0 Å². The van der Waals surface area contributed by atoms with Gasteiger partial charge in [-0.05, 0) is 59.7 Å². The predicted molar refractivity (Wildman–Crippen MR) is 185 cm³/mol. The monoisotopic (exact) mass is 786 g/mol. The maximum absolute atomic E-state index is 12.5. The minimum absolute atomic E-state index is 0. The van der Waals surface area contributed by atoms with E-state index in [-0.39, 0.29) is 93.5 Å². The fourth-order valence-electron chi connectivity index (χ4n) is 4.73. The molecule has 0 fully saturated rings. The molecule has 0 unspecified atom stereocenters. The van der Waals surface area contributed by atoms with Crippen molar-refractivity contribution in [2.75, 3.05) is 20.9 Å². The third-order valence-corrected chi connectivity index (χ3v) is 8.80. The molecule has 0 saturated carbocycles. The van der Waals surface area contributed by atoms with Gasteiger partial charge in [-0.1, -0.05) is 60.7 Å². The van der Waals surface area contributed by atoms with Crippen LogP contribution in [0.1, 0.15) is 11.1 Å². The van der Waals surface area contributed by atoms with Crippen LogP contribution in [0.25, 0.3) is 12.2 Å². The molecule has 4 N–H and O–H groups in total. The molecule has 2 heterocycles. The van der Waals surface area contributed by atoms with Gasteiger partial charge in [0.05, 0.1) is 32.5 Å². The summed E-state index contributed by atoms with van der Waals surface area (Å²) in [5.41, 5.74) is 6.80. The van der Waals surface area contributed by atoms with Crippen molar-refractivity contribution in [3.05, 3.63) is 121 Å². The largest absolute Gasteiger partial charge is 1.00 e. The predicted octanol–water partition coefficient (Wildman–Crippen LogP) is -2.22. The van der Waals surface area contributed by atoms with Gasteiger partial charge in [0, 0.05) is 0 Å². The van der Waals surface area contributed by atoms with Gasteiger partial charge in [-0.15, -0.1) is 0 Å². The molecule has 6 rings (SSSR count). The molecule has 0 aliphatic carbocycles. The standard InChI is InChI=1S/C32H26N10O8S2.2Na/c43-31-35-19-33-29(37-31)41(39-23-7-3-1-4-8-23)25-15-13-21(27(17-25)51(45,46)47)11-12-22-14-16-26(18-28(22)52(48,49)50)42(30-34-20-36-32(44)38-30)40-24-9-5-2-6-10-24;;/h1-20,39-40H,(H,45,46,47)(H,48,49,50)(H,33,35,37,43)(H,34,36,38,44);;/q;2*+1/p-2. The maximum Gasteiger partial charge on any atom is 1.00 e. The van der Waals surface area contributed by atoms with Gasteiger partial charge in [0.2, 0.25) is 0 Å². The Hall–Kier alpha value is -4.74. The third kappa shape index (κ3) is 10.5. The Morgan fingerprint density at radius 1 is 0.556 bits per heavy atom. The molecule has 264 valence electrons. The van der Waals surface area contributed by atoms with Crippen molar-refractivity contribution in [1.29, 1.82) is 0 Å². The van der Waals surface area contributed by atoms with E-state index in [1.807, 2.05) is 0 Å². The van der Waals surface area contributed by atoms with Crippen molar-refractivity contribution in [2.24, 2.45) is 0 Å². The zero-order valence-electron chi connectivity index (χ0n) is 28.3. The van der Waals surface area contributed by atoms with Crippen molar-refractivity contribution in [1.82, 2.24) is 29.9 Å². The van der Waals surface area contributed by atoms with Crippen LogP contribution in [0.4, 0.5) is 34.6 Å². The second-order valence-electron chi connectivity index (χ2n) is 10.5. The van der Waals surface area contributed by atoms with Crippen LogP contribution in [-0.2, 0) is 20.2 Å². The van der Waals surface area contributed by atoms with Crippen LogP contribution >= 0.6 is 0 Å². The van der Waals surface area contributed by atoms with Crippen LogP contribution in [0.15, 0.2) is 120 Å². The summed E-state index contributed by atoms with van der Waals surface area (Å²) < 4.78 is 75.2. The molecule has 0 amide bonds. The van der Waals surface area contributed by atoms with Gasteiger partial charge in [0.15, 0.2) is 0 Å². The SMILES string of the molecule is O=S(=O)([O-])c1cc(N(Nc2ccccc2)c2ncnc(O)n2)ccc1C=Cc1ccc(N(Nc2ccccc2)c2ncnc(O)n2)cc1S(=O)(=O)[O-].[Na+].[Na+]. The van der Waals surface area contributed by atoms with Gasteiger partial charge in [0.25, 0.3) is 11.9 Å². The quantitative estimate of drug-likeness (QED) is 0.0443. The van der Waals surface area contributed by atoms with Crippen LogP contribution < -0.4 is 80.0 Å². The molecule has 0 radical (unpaired) electrons. The van der Waals surface area contributed by atoms with Crippen molar-refractivity contribution in [3.63, 3.8) is 0 Å². The normalized spacial score (nSPS) is 11.2. The van der Waals surface area contributed by atoms with Gasteiger partial charge in [0.1, 0.15) is 32.9 Å². The van der Waals surface area contributed by atoms with Gasteiger partial charge < -0.3 is 19.3 Å². The number of nitrogens with one attached hydrogen (secondary N) is 2. The number of hydrazine groups is 2. The van der Waals surface area contributed by atoms with Gasteiger partial charge in [-0.2, -0.15) is 29.9 Å². The average Bonchev–Trinajstić information content (AvgIpc) is 3.12.